The van der Waals surface area contributed by atoms with Crippen molar-refractivity contribution in [2.45, 2.75) is 26.4 Å². The van der Waals surface area contributed by atoms with Crippen molar-refractivity contribution in [1.82, 2.24) is 4.90 Å². The fourth-order valence-electron chi connectivity index (χ4n) is 2.88. The van der Waals surface area contributed by atoms with Gasteiger partial charge in [-0.05, 0) is 48.6 Å². The minimum Gasteiger partial charge on any atom is -0.368 e. The Hall–Kier alpha value is -2.13. The molecule has 1 atom stereocenters. The third-order valence-corrected chi connectivity index (χ3v) is 4.39. The number of rotatable bonds is 4. The molecule has 0 saturated carbocycles. The maximum absolute atomic E-state index is 6.05. The molecule has 0 radical (unpaired) electrons. The highest BCUT2D eigenvalue weighted by Crippen LogP contribution is 2.36. The van der Waals surface area contributed by atoms with E-state index in [0.717, 1.165) is 25.3 Å². The van der Waals surface area contributed by atoms with Crippen LogP contribution in [-0.4, -0.2) is 31.4 Å². The van der Waals surface area contributed by atoms with Crippen LogP contribution >= 0.6 is 0 Å². The van der Waals surface area contributed by atoms with E-state index >= 15 is 0 Å². The third-order valence-electron chi connectivity index (χ3n) is 4.39. The molecule has 3 rings (SSSR count). The Morgan fingerprint density at radius 2 is 2.04 bits per heavy atom. The molecule has 1 aliphatic heterocycles. The number of hydrogen-bond acceptors (Lipinski definition) is 2. The van der Waals surface area contributed by atoms with Gasteiger partial charge >= 0.3 is 0 Å². The van der Waals surface area contributed by atoms with Gasteiger partial charge in [-0.2, -0.15) is 0 Å². The van der Waals surface area contributed by atoms with E-state index in [-0.39, 0.29) is 6.10 Å². The van der Waals surface area contributed by atoms with Crippen molar-refractivity contribution >= 4 is 12.0 Å². The molecule has 0 bridgehead atoms. The van der Waals surface area contributed by atoms with Gasteiger partial charge in [0.2, 0.25) is 0 Å². The first-order chi connectivity index (χ1) is 11.2. The monoisotopic (exact) mass is 308 g/mol. The maximum atomic E-state index is 6.05. The topological polar surface area (TPSA) is 24.8 Å². The number of ether oxygens (including phenoxy) is 1. The normalized spacial score (nSPS) is 17.3. The van der Waals surface area contributed by atoms with Crippen LogP contribution in [0, 0.1) is 6.92 Å². The Kier molecular flexibility index (Phi) is 4.77. The average molecular weight is 308 g/mol. The van der Waals surface area contributed by atoms with Crippen molar-refractivity contribution in [2.75, 3.05) is 20.2 Å². The Labute approximate surface area is 138 Å². The van der Waals surface area contributed by atoms with Gasteiger partial charge in [-0.1, -0.05) is 36.4 Å². The van der Waals surface area contributed by atoms with Gasteiger partial charge in [-0.25, -0.2) is 4.99 Å². The molecule has 1 aliphatic rings. The smallest absolute Gasteiger partial charge is 0.108 e. The van der Waals surface area contributed by atoms with Crippen LogP contribution in [0.1, 0.15) is 35.3 Å². The molecule has 0 amide bonds. The van der Waals surface area contributed by atoms with Crippen LogP contribution in [0.2, 0.25) is 0 Å². The summed E-state index contributed by atoms with van der Waals surface area (Å²) < 4.78 is 6.05. The molecule has 0 saturated heterocycles. The standard InChI is InChI=1S/C20H24N2O/c1-4-22(3)14-21-19-13-17-10-11-23-20(18(17)12-15(19)2)16-8-6-5-7-9-16/h5-9,12-14,20H,4,10-11H2,1-3H3/b21-14+/t20-/m1/s1. The van der Waals surface area contributed by atoms with E-state index in [1.807, 2.05) is 19.5 Å². The molecule has 0 spiro atoms. The van der Waals surface area contributed by atoms with Crippen LogP contribution < -0.4 is 0 Å². The Balaban J connectivity index is 1.96. The highest BCUT2D eigenvalue weighted by Gasteiger charge is 2.23. The van der Waals surface area contributed by atoms with E-state index < -0.39 is 0 Å². The van der Waals surface area contributed by atoms with Gasteiger partial charge in [0, 0.05) is 13.6 Å². The zero-order valence-corrected chi connectivity index (χ0v) is 14.1. The van der Waals surface area contributed by atoms with Crippen molar-refractivity contribution in [3.63, 3.8) is 0 Å². The molecule has 2 aromatic rings. The number of hydrogen-bond donors (Lipinski definition) is 0. The first-order valence-corrected chi connectivity index (χ1v) is 8.23. The molecular formula is C20H24N2O. The summed E-state index contributed by atoms with van der Waals surface area (Å²) in [7, 11) is 2.04. The van der Waals surface area contributed by atoms with Gasteiger partial charge in [-0.15, -0.1) is 0 Å². The van der Waals surface area contributed by atoms with E-state index in [1.54, 1.807) is 0 Å². The lowest BCUT2D eigenvalue weighted by Gasteiger charge is -2.27. The second-order valence-electron chi connectivity index (χ2n) is 6.07. The predicted octanol–water partition coefficient (Wildman–Crippen LogP) is 4.27. The molecule has 0 aliphatic carbocycles. The number of fused-ring (bicyclic) bond motifs is 1. The molecule has 2 aromatic carbocycles. The summed E-state index contributed by atoms with van der Waals surface area (Å²) in [5.41, 5.74) is 6.09. The lowest BCUT2D eigenvalue weighted by molar-refractivity contribution is 0.0698. The van der Waals surface area contributed by atoms with Gasteiger partial charge < -0.3 is 9.64 Å². The molecule has 3 heteroatoms. The lowest BCUT2D eigenvalue weighted by atomic mass is 9.91. The van der Waals surface area contributed by atoms with Gasteiger partial charge in [0.05, 0.1) is 18.6 Å². The molecular weight excluding hydrogens is 284 g/mol. The fourth-order valence-corrected chi connectivity index (χ4v) is 2.88. The van der Waals surface area contributed by atoms with Crippen molar-refractivity contribution in [3.8, 4) is 0 Å². The summed E-state index contributed by atoms with van der Waals surface area (Å²) in [5, 5.41) is 0. The molecule has 0 unspecified atom stereocenters. The summed E-state index contributed by atoms with van der Waals surface area (Å²) in [6.07, 6.45) is 2.89. The third kappa shape index (κ3) is 3.45. The van der Waals surface area contributed by atoms with Crippen LogP contribution in [0.5, 0.6) is 0 Å². The van der Waals surface area contributed by atoms with Crippen LogP contribution in [-0.2, 0) is 11.2 Å². The molecule has 0 aromatic heterocycles. The minimum absolute atomic E-state index is 0.0370. The number of nitrogens with zero attached hydrogens (tertiary/aromatic N) is 2. The Bertz CT molecular complexity index is 694. The fraction of sp³-hybridized carbons (Fsp3) is 0.350. The van der Waals surface area contributed by atoms with Crippen molar-refractivity contribution in [3.05, 3.63) is 64.7 Å². The molecule has 3 nitrogen and oxygen atoms in total. The maximum Gasteiger partial charge on any atom is 0.108 e. The lowest BCUT2D eigenvalue weighted by Crippen LogP contribution is -2.17. The first kappa shape index (κ1) is 15.8. The van der Waals surface area contributed by atoms with Crippen molar-refractivity contribution < 1.29 is 4.74 Å². The van der Waals surface area contributed by atoms with E-state index in [0.29, 0.717) is 0 Å². The van der Waals surface area contributed by atoms with Crippen LogP contribution in [0.25, 0.3) is 0 Å². The van der Waals surface area contributed by atoms with E-state index in [1.165, 1.54) is 22.3 Å². The highest BCUT2D eigenvalue weighted by molar-refractivity contribution is 5.64. The van der Waals surface area contributed by atoms with E-state index in [4.69, 9.17) is 4.74 Å². The summed E-state index contributed by atoms with van der Waals surface area (Å²) >= 11 is 0. The molecule has 120 valence electrons. The highest BCUT2D eigenvalue weighted by atomic mass is 16.5. The van der Waals surface area contributed by atoms with Gasteiger partial charge in [0.25, 0.3) is 0 Å². The van der Waals surface area contributed by atoms with Crippen molar-refractivity contribution in [2.24, 2.45) is 4.99 Å². The SMILES string of the molecule is CCN(C)/C=N/c1cc2c(cc1C)[C@@H](c1ccccc1)OCC2. The number of benzene rings is 2. The van der Waals surface area contributed by atoms with Crippen LogP contribution in [0.3, 0.4) is 0 Å². The minimum atomic E-state index is 0.0370. The largest absolute Gasteiger partial charge is 0.368 e. The second kappa shape index (κ2) is 6.97. The van der Waals surface area contributed by atoms with Gasteiger partial charge in [0.15, 0.2) is 0 Å². The van der Waals surface area contributed by atoms with Crippen LogP contribution in [0.4, 0.5) is 5.69 Å². The summed E-state index contributed by atoms with van der Waals surface area (Å²) in [6.45, 7) is 5.95. The Morgan fingerprint density at radius 1 is 1.26 bits per heavy atom. The molecule has 0 fully saturated rings. The zero-order chi connectivity index (χ0) is 16.2. The molecule has 23 heavy (non-hydrogen) atoms. The van der Waals surface area contributed by atoms with E-state index in [2.05, 4.69) is 60.1 Å². The van der Waals surface area contributed by atoms with E-state index in [9.17, 15) is 0 Å². The Morgan fingerprint density at radius 3 is 2.78 bits per heavy atom. The number of aryl methyl sites for hydroxylation is 1. The summed E-state index contributed by atoms with van der Waals surface area (Å²) in [5.74, 6) is 0. The summed E-state index contributed by atoms with van der Waals surface area (Å²) in [6, 6.07) is 14.9. The number of aliphatic imine (C=N–C) groups is 1. The van der Waals surface area contributed by atoms with Gasteiger partial charge in [0.1, 0.15) is 6.10 Å². The second-order valence-corrected chi connectivity index (χ2v) is 6.07. The quantitative estimate of drug-likeness (QED) is 0.622. The van der Waals surface area contributed by atoms with Crippen LogP contribution in [0.15, 0.2) is 47.5 Å². The molecule has 0 N–H and O–H groups in total. The van der Waals surface area contributed by atoms with Crippen molar-refractivity contribution in [1.29, 1.82) is 0 Å². The zero-order valence-electron chi connectivity index (χ0n) is 14.1. The van der Waals surface area contributed by atoms with Gasteiger partial charge in [-0.3, -0.25) is 0 Å². The molecule has 1 heterocycles. The predicted molar refractivity (Wildman–Crippen MR) is 95.6 cm³/mol. The first-order valence-electron chi connectivity index (χ1n) is 8.23. The average Bonchev–Trinajstić information content (AvgIpc) is 2.60. The summed E-state index contributed by atoms with van der Waals surface area (Å²) in [4.78, 5) is 6.72.